The molecular formula is C16H23IN4O2S. The van der Waals surface area contributed by atoms with Crippen molar-refractivity contribution >= 4 is 47.0 Å². The fourth-order valence-electron chi connectivity index (χ4n) is 2.00. The van der Waals surface area contributed by atoms with Crippen LogP contribution < -0.4 is 20.1 Å². The highest BCUT2D eigenvalue weighted by molar-refractivity contribution is 14.0. The molecule has 0 unspecified atom stereocenters. The first-order valence-electron chi connectivity index (χ1n) is 7.36. The molecule has 0 atom stereocenters. The first kappa shape index (κ1) is 20.5. The fourth-order valence-corrected chi connectivity index (χ4v) is 2.73. The van der Waals surface area contributed by atoms with Crippen LogP contribution in [0.25, 0.3) is 0 Å². The van der Waals surface area contributed by atoms with E-state index in [4.69, 9.17) is 9.47 Å². The Morgan fingerprint density at radius 1 is 1.33 bits per heavy atom. The molecule has 1 heterocycles. The lowest BCUT2D eigenvalue weighted by atomic mass is 10.2. The zero-order valence-electron chi connectivity index (χ0n) is 14.3. The van der Waals surface area contributed by atoms with Gasteiger partial charge in [0.25, 0.3) is 0 Å². The predicted molar refractivity (Wildman–Crippen MR) is 110 cm³/mol. The first-order chi connectivity index (χ1) is 11.2. The number of thiazole rings is 1. The van der Waals surface area contributed by atoms with Gasteiger partial charge in [0.15, 0.2) is 17.5 Å². The first-order valence-corrected chi connectivity index (χ1v) is 8.17. The Balaban J connectivity index is 0.00000288. The van der Waals surface area contributed by atoms with E-state index in [2.05, 4.69) is 20.6 Å². The maximum atomic E-state index is 5.58. The normalized spacial score (nSPS) is 10.8. The van der Waals surface area contributed by atoms with Gasteiger partial charge in [-0.15, -0.1) is 35.3 Å². The van der Waals surface area contributed by atoms with E-state index in [1.54, 1.807) is 25.5 Å². The molecule has 6 nitrogen and oxygen atoms in total. The third-order valence-corrected chi connectivity index (χ3v) is 3.96. The highest BCUT2D eigenvalue weighted by Crippen LogP contribution is 2.30. The summed E-state index contributed by atoms with van der Waals surface area (Å²) in [5, 5.41) is 7.56. The molecule has 2 aromatic rings. The summed E-state index contributed by atoms with van der Waals surface area (Å²) in [6.07, 6.45) is 1.88. The number of halogens is 1. The number of rotatable bonds is 6. The van der Waals surface area contributed by atoms with Crippen molar-refractivity contribution in [1.29, 1.82) is 0 Å². The number of methoxy groups -OCH3 is 1. The van der Waals surface area contributed by atoms with Crippen LogP contribution in [-0.2, 0) is 6.54 Å². The largest absolute Gasteiger partial charge is 0.493 e. The van der Waals surface area contributed by atoms with E-state index in [1.807, 2.05) is 38.2 Å². The lowest BCUT2D eigenvalue weighted by molar-refractivity contribution is 0.311. The molecule has 1 aromatic heterocycles. The minimum atomic E-state index is 0. The molecule has 2 rings (SSSR count). The Hall–Kier alpha value is -1.55. The zero-order chi connectivity index (χ0) is 16.7. The van der Waals surface area contributed by atoms with E-state index >= 15 is 0 Å². The minimum absolute atomic E-state index is 0. The minimum Gasteiger partial charge on any atom is -0.493 e. The average Bonchev–Trinajstić information content (AvgIpc) is 2.97. The summed E-state index contributed by atoms with van der Waals surface area (Å²) in [5.74, 6) is 2.10. The lowest BCUT2D eigenvalue weighted by Gasteiger charge is -2.14. The van der Waals surface area contributed by atoms with Crippen LogP contribution in [0.5, 0.6) is 11.5 Å². The summed E-state index contributed by atoms with van der Waals surface area (Å²) in [6, 6.07) is 5.68. The van der Waals surface area contributed by atoms with E-state index in [1.165, 1.54) is 0 Å². The van der Waals surface area contributed by atoms with E-state index < -0.39 is 0 Å². The highest BCUT2D eigenvalue weighted by Gasteiger charge is 2.07. The molecule has 0 amide bonds. The van der Waals surface area contributed by atoms with Gasteiger partial charge in [0.05, 0.1) is 25.3 Å². The molecule has 0 aliphatic carbocycles. The molecule has 8 heteroatoms. The standard InChI is InChI=1S/C16H22N4O2S.HI/c1-5-22-15-8-12(6-7-14(15)21-4)20-16(17-3)19-10-13-9-18-11(2)23-13;/h6-9H,5,10H2,1-4H3,(H2,17,19,20);1H. The zero-order valence-corrected chi connectivity index (χ0v) is 17.4. The molecule has 0 spiro atoms. The van der Waals surface area contributed by atoms with Crippen LogP contribution in [0.15, 0.2) is 29.4 Å². The monoisotopic (exact) mass is 462 g/mol. The molecular weight excluding hydrogens is 439 g/mol. The summed E-state index contributed by atoms with van der Waals surface area (Å²) in [7, 11) is 3.36. The van der Waals surface area contributed by atoms with Crippen LogP contribution in [0.2, 0.25) is 0 Å². The molecule has 0 aliphatic heterocycles. The summed E-state index contributed by atoms with van der Waals surface area (Å²) in [4.78, 5) is 9.64. The number of aromatic nitrogens is 1. The van der Waals surface area contributed by atoms with Crippen LogP contribution in [0, 0.1) is 6.92 Å². The van der Waals surface area contributed by atoms with Gasteiger partial charge in [-0.05, 0) is 26.0 Å². The molecule has 24 heavy (non-hydrogen) atoms. The number of ether oxygens (including phenoxy) is 2. The summed E-state index contributed by atoms with van der Waals surface area (Å²) in [5.41, 5.74) is 0.878. The topological polar surface area (TPSA) is 67.8 Å². The number of nitrogens with one attached hydrogen (secondary N) is 2. The van der Waals surface area contributed by atoms with Crippen molar-refractivity contribution in [3.63, 3.8) is 0 Å². The molecule has 0 aliphatic rings. The molecule has 0 saturated heterocycles. The van der Waals surface area contributed by atoms with E-state index in [-0.39, 0.29) is 24.0 Å². The van der Waals surface area contributed by atoms with Crippen molar-refractivity contribution in [1.82, 2.24) is 10.3 Å². The molecule has 0 fully saturated rings. The third-order valence-electron chi connectivity index (χ3n) is 3.05. The lowest BCUT2D eigenvalue weighted by Crippen LogP contribution is -2.29. The fraction of sp³-hybridized carbons (Fsp3) is 0.375. The van der Waals surface area contributed by atoms with Crippen molar-refractivity contribution in [2.45, 2.75) is 20.4 Å². The Kier molecular flexibility index (Phi) is 8.83. The van der Waals surface area contributed by atoms with E-state index in [9.17, 15) is 0 Å². The Morgan fingerprint density at radius 2 is 2.12 bits per heavy atom. The van der Waals surface area contributed by atoms with Gasteiger partial charge in [-0.2, -0.15) is 0 Å². The van der Waals surface area contributed by atoms with Gasteiger partial charge in [-0.25, -0.2) is 4.98 Å². The number of benzene rings is 1. The molecule has 0 saturated carbocycles. The van der Waals surface area contributed by atoms with Crippen molar-refractivity contribution in [3.05, 3.63) is 34.3 Å². The quantitative estimate of drug-likeness (QED) is 0.390. The molecule has 2 N–H and O–H groups in total. The van der Waals surface area contributed by atoms with Gasteiger partial charge < -0.3 is 20.1 Å². The van der Waals surface area contributed by atoms with Crippen LogP contribution in [-0.4, -0.2) is 31.7 Å². The van der Waals surface area contributed by atoms with Crippen molar-refractivity contribution in [2.75, 3.05) is 26.1 Å². The van der Waals surface area contributed by atoms with Gasteiger partial charge >= 0.3 is 0 Å². The van der Waals surface area contributed by atoms with Gasteiger partial charge in [-0.1, -0.05) is 0 Å². The van der Waals surface area contributed by atoms with Gasteiger partial charge in [0, 0.05) is 29.9 Å². The average molecular weight is 462 g/mol. The van der Waals surface area contributed by atoms with Crippen molar-refractivity contribution in [3.8, 4) is 11.5 Å². The molecule has 132 valence electrons. The number of anilines is 1. The molecule has 1 aromatic carbocycles. The Bertz CT molecular complexity index is 676. The van der Waals surface area contributed by atoms with Gasteiger partial charge in [0.2, 0.25) is 0 Å². The van der Waals surface area contributed by atoms with Crippen LogP contribution in [0.4, 0.5) is 5.69 Å². The maximum absolute atomic E-state index is 5.58. The highest BCUT2D eigenvalue weighted by atomic mass is 127. The second-order valence-electron chi connectivity index (χ2n) is 4.70. The van der Waals surface area contributed by atoms with Crippen LogP contribution in [0.1, 0.15) is 16.8 Å². The van der Waals surface area contributed by atoms with Crippen molar-refractivity contribution < 1.29 is 9.47 Å². The van der Waals surface area contributed by atoms with E-state index in [0.29, 0.717) is 30.6 Å². The summed E-state index contributed by atoms with van der Waals surface area (Å²) in [6.45, 7) is 5.20. The molecule has 0 radical (unpaired) electrons. The number of hydrogen-bond acceptors (Lipinski definition) is 5. The smallest absolute Gasteiger partial charge is 0.195 e. The number of nitrogens with zero attached hydrogens (tertiary/aromatic N) is 2. The molecule has 0 bridgehead atoms. The summed E-state index contributed by atoms with van der Waals surface area (Å²) < 4.78 is 10.9. The number of aryl methyl sites for hydroxylation is 1. The van der Waals surface area contributed by atoms with Gasteiger partial charge in [0.1, 0.15) is 0 Å². The number of guanidine groups is 1. The predicted octanol–water partition coefficient (Wildman–Crippen LogP) is 3.66. The third kappa shape index (κ3) is 5.82. The Labute approximate surface area is 163 Å². The SMILES string of the molecule is CCOc1cc(NC(=NC)NCc2cnc(C)s2)ccc1OC.I. The summed E-state index contributed by atoms with van der Waals surface area (Å²) >= 11 is 1.67. The van der Waals surface area contributed by atoms with E-state index in [0.717, 1.165) is 15.6 Å². The number of hydrogen-bond donors (Lipinski definition) is 2. The van der Waals surface area contributed by atoms with Gasteiger partial charge in [-0.3, -0.25) is 4.99 Å². The maximum Gasteiger partial charge on any atom is 0.195 e. The second-order valence-corrected chi connectivity index (χ2v) is 6.01. The Morgan fingerprint density at radius 3 is 2.71 bits per heavy atom. The number of aliphatic imine (C=N–C) groups is 1. The van der Waals surface area contributed by atoms with Crippen LogP contribution in [0.3, 0.4) is 0 Å². The second kappa shape index (κ2) is 10.3. The van der Waals surface area contributed by atoms with Crippen LogP contribution >= 0.6 is 35.3 Å². The van der Waals surface area contributed by atoms with Crippen molar-refractivity contribution in [2.24, 2.45) is 4.99 Å².